The van der Waals surface area contributed by atoms with E-state index in [4.69, 9.17) is 0 Å². The Kier molecular flexibility index (Phi) is 4.73. The Bertz CT molecular complexity index is 260. The fourth-order valence-corrected chi connectivity index (χ4v) is 1.45. The Morgan fingerprint density at radius 3 is 1.88 bits per heavy atom. The highest BCUT2D eigenvalue weighted by molar-refractivity contribution is 8.13. The zero-order chi connectivity index (χ0) is 13.2. The summed E-state index contributed by atoms with van der Waals surface area (Å²) in [6, 6.07) is 0. The van der Waals surface area contributed by atoms with Crippen molar-refractivity contribution in [1.29, 1.82) is 0 Å². The number of hydrogen-bond acceptors (Lipinski definition) is 2. The van der Waals surface area contributed by atoms with Gasteiger partial charge in [0.25, 0.3) is 0 Å². The highest BCUT2D eigenvalue weighted by atomic mass is 32.2. The molecule has 0 aromatic heterocycles. The molecule has 0 N–H and O–H groups in total. The molecule has 0 unspecified atom stereocenters. The van der Waals surface area contributed by atoms with Crippen LogP contribution < -0.4 is 0 Å². The fourth-order valence-electron chi connectivity index (χ4n) is 0.801. The van der Waals surface area contributed by atoms with Gasteiger partial charge >= 0.3 is 17.8 Å². The molecule has 0 aliphatic carbocycles. The normalized spacial score (nSPS) is 14.0. The Hall–Kier alpha value is -0.400. The second-order valence-electron chi connectivity index (χ2n) is 3.26. The minimum atomic E-state index is -5.42. The molecule has 96 valence electrons. The van der Waals surface area contributed by atoms with Crippen LogP contribution in [0.5, 0.6) is 0 Å². The summed E-state index contributed by atoms with van der Waals surface area (Å²) in [6.45, 7) is 0.800. The first kappa shape index (κ1) is 15.6. The van der Waals surface area contributed by atoms with E-state index in [-0.39, 0.29) is 6.92 Å². The molecule has 0 rings (SSSR count). The second kappa shape index (κ2) is 4.85. The van der Waals surface area contributed by atoms with Crippen molar-refractivity contribution >= 4 is 16.9 Å². The Labute approximate surface area is 92.6 Å². The lowest BCUT2D eigenvalue weighted by atomic mass is 10.0. The number of carbonyl (C=O) groups is 1. The van der Waals surface area contributed by atoms with Gasteiger partial charge in [0.2, 0.25) is 0 Å². The van der Waals surface area contributed by atoms with Crippen molar-refractivity contribution in [3.8, 4) is 0 Å². The van der Waals surface area contributed by atoms with Gasteiger partial charge in [-0.2, -0.15) is 26.3 Å². The maximum Gasteiger partial charge on any atom is 0.371 e. The van der Waals surface area contributed by atoms with Crippen LogP contribution in [0.1, 0.15) is 20.3 Å². The molecule has 0 fully saturated rings. The van der Waals surface area contributed by atoms with Gasteiger partial charge in [-0.25, -0.2) is 0 Å². The summed E-state index contributed by atoms with van der Waals surface area (Å²) in [5.74, 6) is -15.7. The molecular weight excluding hydrogens is 258 g/mol. The molecule has 0 aromatic rings. The second-order valence-corrected chi connectivity index (χ2v) is 4.53. The summed E-state index contributed by atoms with van der Waals surface area (Å²) in [5, 5.41) is -0.539. The fraction of sp³-hybridized carbons (Fsp3) is 0.875. The quantitative estimate of drug-likeness (QED) is 0.709. The standard InChI is InChI=1S/C8H10F6OS/c1-5(15)16-4-3-7(11,12)8(13,14)6(2,9)10/h3-4H2,1-2H3. The summed E-state index contributed by atoms with van der Waals surface area (Å²) in [7, 11) is 0. The molecule has 0 aliphatic rings. The van der Waals surface area contributed by atoms with Crippen LogP contribution in [0.4, 0.5) is 26.3 Å². The van der Waals surface area contributed by atoms with E-state index in [0.717, 1.165) is 6.92 Å². The summed E-state index contributed by atoms with van der Waals surface area (Å²) < 4.78 is 75.4. The molecule has 0 amide bonds. The van der Waals surface area contributed by atoms with Gasteiger partial charge in [0, 0.05) is 26.0 Å². The Morgan fingerprint density at radius 1 is 1.12 bits per heavy atom. The van der Waals surface area contributed by atoms with E-state index in [9.17, 15) is 31.1 Å². The minimum absolute atomic E-state index is 0.265. The average Bonchev–Trinajstić information content (AvgIpc) is 2.00. The van der Waals surface area contributed by atoms with Gasteiger partial charge in [-0.05, 0) is 0 Å². The smallest absolute Gasteiger partial charge is 0.288 e. The first-order chi connectivity index (χ1) is 6.92. The van der Waals surface area contributed by atoms with Crippen molar-refractivity contribution in [2.45, 2.75) is 38.0 Å². The molecule has 0 saturated heterocycles. The molecule has 0 heterocycles. The molecule has 8 heteroatoms. The molecule has 0 spiro atoms. The maximum absolute atomic E-state index is 12.8. The van der Waals surface area contributed by atoms with E-state index in [1.165, 1.54) is 0 Å². The van der Waals surface area contributed by atoms with E-state index in [2.05, 4.69) is 0 Å². The predicted octanol–water partition coefficient (Wildman–Crippen LogP) is 3.58. The van der Waals surface area contributed by atoms with E-state index >= 15 is 0 Å². The monoisotopic (exact) mass is 268 g/mol. The van der Waals surface area contributed by atoms with E-state index in [1.54, 1.807) is 0 Å². The third-order valence-electron chi connectivity index (χ3n) is 1.73. The molecule has 0 saturated carbocycles. The molecule has 1 nitrogen and oxygen atoms in total. The maximum atomic E-state index is 12.8. The number of hydrogen-bond donors (Lipinski definition) is 0. The Balaban J connectivity index is 4.59. The minimum Gasteiger partial charge on any atom is -0.288 e. The van der Waals surface area contributed by atoms with Gasteiger partial charge in [0.05, 0.1) is 0 Å². The van der Waals surface area contributed by atoms with Crippen LogP contribution >= 0.6 is 11.8 Å². The number of halogens is 6. The highest BCUT2D eigenvalue weighted by Crippen LogP contribution is 2.47. The van der Waals surface area contributed by atoms with Crippen LogP contribution in [-0.2, 0) is 4.79 Å². The van der Waals surface area contributed by atoms with Crippen LogP contribution in [0.3, 0.4) is 0 Å². The number of carbonyl (C=O) groups excluding carboxylic acids is 1. The molecular formula is C8H10F6OS. The molecule has 0 bridgehead atoms. The van der Waals surface area contributed by atoms with Crippen molar-refractivity contribution in [1.82, 2.24) is 0 Å². The van der Waals surface area contributed by atoms with Crippen LogP contribution in [0.2, 0.25) is 0 Å². The van der Waals surface area contributed by atoms with Gasteiger partial charge in [0.1, 0.15) is 0 Å². The summed E-state index contributed by atoms with van der Waals surface area (Å²) in [6.07, 6.45) is -1.48. The van der Waals surface area contributed by atoms with Gasteiger partial charge in [-0.3, -0.25) is 4.79 Å². The van der Waals surface area contributed by atoms with Gasteiger partial charge in [-0.15, -0.1) is 0 Å². The highest BCUT2D eigenvalue weighted by Gasteiger charge is 2.68. The van der Waals surface area contributed by atoms with Crippen molar-refractivity contribution < 1.29 is 31.1 Å². The molecule has 0 radical (unpaired) electrons. The van der Waals surface area contributed by atoms with Crippen molar-refractivity contribution in [3.63, 3.8) is 0 Å². The predicted molar refractivity (Wildman–Crippen MR) is 48.3 cm³/mol. The SMILES string of the molecule is CC(=O)SCCC(F)(F)C(F)(F)C(C)(F)F. The number of alkyl halides is 6. The van der Waals surface area contributed by atoms with Crippen LogP contribution in [-0.4, -0.2) is 28.6 Å². The van der Waals surface area contributed by atoms with Gasteiger partial charge in [-0.1, -0.05) is 11.8 Å². The van der Waals surface area contributed by atoms with E-state index in [1.807, 2.05) is 0 Å². The summed E-state index contributed by atoms with van der Waals surface area (Å²) in [4.78, 5) is 10.4. The van der Waals surface area contributed by atoms with E-state index < -0.39 is 35.1 Å². The topological polar surface area (TPSA) is 17.1 Å². The summed E-state index contributed by atoms with van der Waals surface area (Å²) in [5.41, 5.74) is 0. The third-order valence-corrected chi connectivity index (χ3v) is 2.55. The Morgan fingerprint density at radius 2 is 1.56 bits per heavy atom. The number of rotatable bonds is 5. The lowest BCUT2D eigenvalue weighted by molar-refractivity contribution is -0.302. The van der Waals surface area contributed by atoms with Gasteiger partial charge in [0.15, 0.2) is 5.12 Å². The molecule has 16 heavy (non-hydrogen) atoms. The number of thioether (sulfide) groups is 1. The zero-order valence-corrected chi connectivity index (χ0v) is 9.31. The van der Waals surface area contributed by atoms with Crippen molar-refractivity contribution in [2.24, 2.45) is 0 Å². The lowest BCUT2D eigenvalue weighted by Gasteiger charge is -2.30. The largest absolute Gasteiger partial charge is 0.371 e. The van der Waals surface area contributed by atoms with Crippen LogP contribution in [0.25, 0.3) is 0 Å². The third kappa shape index (κ3) is 3.57. The van der Waals surface area contributed by atoms with E-state index in [0.29, 0.717) is 11.8 Å². The molecule has 0 aromatic carbocycles. The first-order valence-electron chi connectivity index (χ1n) is 4.18. The van der Waals surface area contributed by atoms with Gasteiger partial charge < -0.3 is 0 Å². The lowest BCUT2D eigenvalue weighted by Crippen LogP contribution is -2.52. The van der Waals surface area contributed by atoms with Crippen LogP contribution in [0.15, 0.2) is 0 Å². The molecule has 0 aliphatic heterocycles. The average molecular weight is 268 g/mol. The van der Waals surface area contributed by atoms with Crippen molar-refractivity contribution in [2.75, 3.05) is 5.75 Å². The van der Waals surface area contributed by atoms with Crippen molar-refractivity contribution in [3.05, 3.63) is 0 Å². The zero-order valence-electron chi connectivity index (χ0n) is 8.50. The first-order valence-corrected chi connectivity index (χ1v) is 5.17. The summed E-state index contributed by atoms with van der Waals surface area (Å²) >= 11 is 0.388. The van der Waals surface area contributed by atoms with Crippen LogP contribution in [0, 0.1) is 0 Å². The molecule has 0 atom stereocenters.